The van der Waals surface area contributed by atoms with Crippen LogP contribution in [-0.2, 0) is 6.42 Å². The molecule has 2 heteroatoms. The fourth-order valence-corrected chi connectivity index (χ4v) is 2.33. The van der Waals surface area contributed by atoms with E-state index in [1.165, 1.54) is 27.6 Å². The van der Waals surface area contributed by atoms with Gasteiger partial charge in [-0.05, 0) is 43.5 Å². The summed E-state index contributed by atoms with van der Waals surface area (Å²) in [6, 6.07) is 4.96. The summed E-state index contributed by atoms with van der Waals surface area (Å²) in [6.45, 7) is 9.76. The van der Waals surface area contributed by atoms with Gasteiger partial charge in [0, 0.05) is 23.1 Å². The molecule has 2 rings (SSSR count). The molecule has 0 aliphatic heterocycles. The molecule has 92 valence electrons. The second-order valence-electron chi connectivity index (χ2n) is 5.12. The Hall–Kier alpha value is -1.28. The number of aryl methyl sites for hydroxylation is 2. The molecule has 1 aromatic heterocycles. The lowest BCUT2D eigenvalue weighted by Crippen LogP contribution is -2.24. The third kappa shape index (κ3) is 2.52. The number of hydrogen-bond donors (Lipinski definition) is 2. The molecule has 0 aliphatic rings. The molecule has 0 aliphatic carbocycles. The lowest BCUT2D eigenvalue weighted by molar-refractivity contribution is 0.591. The minimum absolute atomic E-state index is 0.558. The first-order valence-corrected chi connectivity index (χ1v) is 6.39. The predicted octanol–water partition coefficient (Wildman–Crippen LogP) is 3.33. The van der Waals surface area contributed by atoms with E-state index >= 15 is 0 Å². The van der Waals surface area contributed by atoms with Crippen LogP contribution in [0.1, 0.15) is 30.5 Å². The highest BCUT2D eigenvalue weighted by molar-refractivity contribution is 5.88. The quantitative estimate of drug-likeness (QED) is 0.828. The minimum atomic E-state index is 0.558. The van der Waals surface area contributed by atoms with Crippen molar-refractivity contribution in [1.82, 2.24) is 10.3 Å². The summed E-state index contributed by atoms with van der Waals surface area (Å²) in [5.41, 5.74) is 5.42. The Bertz CT molecular complexity index is 509. The van der Waals surface area contributed by atoms with Crippen LogP contribution in [0.5, 0.6) is 0 Å². The SMILES string of the molecule is Cc1ccc(C)c2c(CCNC(C)C)c[nH]c12. The van der Waals surface area contributed by atoms with Crippen LogP contribution in [0.4, 0.5) is 0 Å². The predicted molar refractivity (Wildman–Crippen MR) is 74.6 cm³/mol. The van der Waals surface area contributed by atoms with Gasteiger partial charge in [0.15, 0.2) is 0 Å². The van der Waals surface area contributed by atoms with Crippen molar-refractivity contribution in [1.29, 1.82) is 0 Å². The van der Waals surface area contributed by atoms with E-state index in [4.69, 9.17) is 0 Å². The van der Waals surface area contributed by atoms with Crippen molar-refractivity contribution in [3.63, 3.8) is 0 Å². The number of benzene rings is 1. The Kier molecular flexibility index (Phi) is 3.53. The first-order chi connectivity index (χ1) is 8.09. The molecule has 2 N–H and O–H groups in total. The van der Waals surface area contributed by atoms with Crippen LogP contribution in [0, 0.1) is 13.8 Å². The fraction of sp³-hybridized carbons (Fsp3) is 0.467. The molecule has 1 aromatic carbocycles. The molecule has 0 fully saturated rings. The monoisotopic (exact) mass is 230 g/mol. The summed E-state index contributed by atoms with van der Waals surface area (Å²) < 4.78 is 0. The maximum atomic E-state index is 3.47. The highest BCUT2D eigenvalue weighted by Crippen LogP contribution is 2.25. The number of nitrogens with one attached hydrogen (secondary N) is 2. The van der Waals surface area contributed by atoms with Crippen LogP contribution >= 0.6 is 0 Å². The van der Waals surface area contributed by atoms with E-state index in [0.717, 1.165) is 13.0 Å². The second-order valence-corrected chi connectivity index (χ2v) is 5.12. The van der Waals surface area contributed by atoms with E-state index in [1.54, 1.807) is 0 Å². The van der Waals surface area contributed by atoms with Gasteiger partial charge in [-0.15, -0.1) is 0 Å². The van der Waals surface area contributed by atoms with Gasteiger partial charge in [0.1, 0.15) is 0 Å². The Labute approximate surface area is 103 Å². The molecule has 0 atom stereocenters. The summed E-state index contributed by atoms with van der Waals surface area (Å²) in [7, 11) is 0. The van der Waals surface area contributed by atoms with E-state index in [1.807, 2.05) is 0 Å². The summed E-state index contributed by atoms with van der Waals surface area (Å²) in [6.07, 6.45) is 3.25. The van der Waals surface area contributed by atoms with Crippen molar-refractivity contribution in [3.05, 3.63) is 35.0 Å². The molecule has 0 bridgehead atoms. The lowest BCUT2D eigenvalue weighted by Gasteiger charge is -2.08. The zero-order valence-corrected chi connectivity index (χ0v) is 11.2. The molecule has 0 spiro atoms. The van der Waals surface area contributed by atoms with Gasteiger partial charge in [-0.25, -0.2) is 0 Å². The zero-order valence-electron chi connectivity index (χ0n) is 11.2. The summed E-state index contributed by atoms with van der Waals surface area (Å²) >= 11 is 0. The van der Waals surface area contributed by atoms with Gasteiger partial charge < -0.3 is 10.3 Å². The van der Waals surface area contributed by atoms with Gasteiger partial charge in [-0.2, -0.15) is 0 Å². The normalized spacial score (nSPS) is 11.6. The smallest absolute Gasteiger partial charge is 0.0489 e. The van der Waals surface area contributed by atoms with E-state index in [-0.39, 0.29) is 0 Å². The fourth-order valence-electron chi connectivity index (χ4n) is 2.33. The van der Waals surface area contributed by atoms with Gasteiger partial charge in [-0.3, -0.25) is 0 Å². The molecule has 0 unspecified atom stereocenters. The van der Waals surface area contributed by atoms with E-state index in [0.29, 0.717) is 6.04 Å². The molecule has 0 radical (unpaired) electrons. The maximum Gasteiger partial charge on any atom is 0.0489 e. The first kappa shape index (κ1) is 12.2. The van der Waals surface area contributed by atoms with Crippen LogP contribution < -0.4 is 5.32 Å². The summed E-state index contributed by atoms with van der Waals surface area (Å²) in [5.74, 6) is 0. The van der Waals surface area contributed by atoms with Gasteiger partial charge in [0.25, 0.3) is 0 Å². The molecular formula is C15H22N2. The number of H-pyrrole nitrogens is 1. The standard InChI is InChI=1S/C15H22N2/c1-10(2)16-8-7-13-9-17-15-12(4)6-5-11(3)14(13)15/h5-6,9-10,16-17H,7-8H2,1-4H3. The van der Waals surface area contributed by atoms with Crippen LogP contribution in [0.15, 0.2) is 18.3 Å². The number of aromatic amines is 1. The highest BCUT2D eigenvalue weighted by Gasteiger charge is 2.08. The zero-order chi connectivity index (χ0) is 12.4. The van der Waals surface area contributed by atoms with Crippen LogP contribution in [0.3, 0.4) is 0 Å². The molecule has 0 amide bonds. The minimum Gasteiger partial charge on any atom is -0.361 e. The maximum absolute atomic E-state index is 3.47. The Morgan fingerprint density at radius 3 is 2.59 bits per heavy atom. The van der Waals surface area contributed by atoms with Crippen molar-refractivity contribution < 1.29 is 0 Å². The molecule has 0 saturated carbocycles. The summed E-state index contributed by atoms with van der Waals surface area (Å²) in [4.78, 5) is 3.41. The van der Waals surface area contributed by atoms with Crippen LogP contribution in [0.25, 0.3) is 10.9 Å². The largest absolute Gasteiger partial charge is 0.361 e. The Morgan fingerprint density at radius 2 is 1.88 bits per heavy atom. The number of rotatable bonds is 4. The number of hydrogen-bond acceptors (Lipinski definition) is 1. The molecule has 0 saturated heterocycles. The second kappa shape index (κ2) is 4.92. The third-order valence-electron chi connectivity index (χ3n) is 3.28. The molecule has 2 aromatic rings. The Morgan fingerprint density at radius 1 is 1.18 bits per heavy atom. The van der Waals surface area contributed by atoms with Crippen LogP contribution in [-0.4, -0.2) is 17.6 Å². The van der Waals surface area contributed by atoms with Crippen molar-refractivity contribution in [2.24, 2.45) is 0 Å². The van der Waals surface area contributed by atoms with Gasteiger partial charge in [0.2, 0.25) is 0 Å². The van der Waals surface area contributed by atoms with Crippen LogP contribution in [0.2, 0.25) is 0 Å². The third-order valence-corrected chi connectivity index (χ3v) is 3.28. The van der Waals surface area contributed by atoms with Crippen molar-refractivity contribution >= 4 is 10.9 Å². The van der Waals surface area contributed by atoms with Gasteiger partial charge >= 0.3 is 0 Å². The average Bonchev–Trinajstić information content (AvgIpc) is 2.68. The van der Waals surface area contributed by atoms with Gasteiger partial charge in [-0.1, -0.05) is 26.0 Å². The van der Waals surface area contributed by atoms with Crippen molar-refractivity contribution in [3.8, 4) is 0 Å². The van der Waals surface area contributed by atoms with Crippen molar-refractivity contribution in [2.75, 3.05) is 6.54 Å². The summed E-state index contributed by atoms with van der Waals surface area (Å²) in [5, 5.41) is 4.88. The van der Waals surface area contributed by atoms with Gasteiger partial charge in [0.05, 0.1) is 0 Å². The number of fused-ring (bicyclic) bond motifs is 1. The van der Waals surface area contributed by atoms with E-state index in [9.17, 15) is 0 Å². The van der Waals surface area contributed by atoms with Crippen molar-refractivity contribution in [2.45, 2.75) is 40.2 Å². The van der Waals surface area contributed by atoms with E-state index in [2.05, 4.69) is 56.3 Å². The molecule has 17 heavy (non-hydrogen) atoms. The van der Waals surface area contributed by atoms with E-state index < -0.39 is 0 Å². The Balaban J connectivity index is 2.26. The number of aromatic nitrogens is 1. The molecular weight excluding hydrogens is 208 g/mol. The lowest BCUT2D eigenvalue weighted by atomic mass is 10.0. The first-order valence-electron chi connectivity index (χ1n) is 6.39. The highest BCUT2D eigenvalue weighted by atomic mass is 14.9. The average molecular weight is 230 g/mol. The molecule has 1 heterocycles. The molecule has 2 nitrogen and oxygen atoms in total. The topological polar surface area (TPSA) is 27.8 Å².